The topological polar surface area (TPSA) is 72.8 Å². The van der Waals surface area contributed by atoms with Gasteiger partial charge in [-0.3, -0.25) is 9.59 Å². The number of amides is 2. The lowest BCUT2D eigenvalue weighted by atomic mass is 10.2. The van der Waals surface area contributed by atoms with Crippen LogP contribution in [0.15, 0.2) is 53.6 Å². The number of nitrogens with zero attached hydrogens (tertiary/aromatic N) is 2. The van der Waals surface area contributed by atoms with Crippen molar-refractivity contribution in [2.24, 2.45) is 0 Å². The van der Waals surface area contributed by atoms with Gasteiger partial charge in [-0.1, -0.05) is 31.0 Å². The lowest BCUT2D eigenvalue weighted by Crippen LogP contribution is -2.34. The molecule has 0 spiro atoms. The fourth-order valence-corrected chi connectivity index (χ4v) is 5.17. The zero-order chi connectivity index (χ0) is 23.9. The zero-order valence-corrected chi connectivity index (χ0v) is 20.5. The van der Waals surface area contributed by atoms with E-state index in [2.05, 4.69) is 5.32 Å². The average molecular weight is 482 g/mol. The van der Waals surface area contributed by atoms with Crippen molar-refractivity contribution in [3.63, 3.8) is 0 Å². The number of nitrogens with one attached hydrogen (secondary N) is 1. The van der Waals surface area contributed by atoms with Crippen molar-refractivity contribution in [1.82, 2.24) is 9.47 Å². The third kappa shape index (κ3) is 5.67. The number of methoxy groups -OCH3 is 2. The zero-order valence-electron chi connectivity index (χ0n) is 19.7. The molecule has 180 valence electrons. The molecule has 0 aliphatic carbocycles. The van der Waals surface area contributed by atoms with Crippen molar-refractivity contribution in [2.45, 2.75) is 37.1 Å². The molecule has 0 radical (unpaired) electrons. The highest BCUT2D eigenvalue weighted by Gasteiger charge is 2.18. The molecule has 1 aliphatic heterocycles. The maximum atomic E-state index is 13.0. The molecule has 1 fully saturated rings. The number of benzene rings is 2. The van der Waals surface area contributed by atoms with Gasteiger partial charge in [-0.15, -0.1) is 11.8 Å². The number of hydrogen-bond acceptors (Lipinski definition) is 5. The van der Waals surface area contributed by atoms with Crippen molar-refractivity contribution < 1.29 is 19.1 Å². The van der Waals surface area contributed by atoms with Crippen molar-refractivity contribution >= 4 is 40.2 Å². The number of carbonyl (C=O) groups excluding carboxylic acids is 2. The van der Waals surface area contributed by atoms with Crippen LogP contribution in [0.4, 0.5) is 5.69 Å². The molecule has 2 amide bonds. The van der Waals surface area contributed by atoms with E-state index in [0.29, 0.717) is 23.7 Å². The van der Waals surface area contributed by atoms with Crippen LogP contribution in [0.25, 0.3) is 10.9 Å². The number of aromatic nitrogens is 1. The monoisotopic (exact) mass is 481 g/mol. The van der Waals surface area contributed by atoms with Crippen molar-refractivity contribution in [3.05, 3.63) is 48.7 Å². The van der Waals surface area contributed by atoms with Crippen molar-refractivity contribution in [2.75, 3.05) is 38.4 Å². The Morgan fingerprint density at radius 2 is 1.71 bits per heavy atom. The molecule has 0 bridgehead atoms. The maximum absolute atomic E-state index is 13.0. The number of likely N-dealkylation sites (tertiary alicyclic amines) is 1. The van der Waals surface area contributed by atoms with Crippen LogP contribution in [0, 0.1) is 0 Å². The van der Waals surface area contributed by atoms with Gasteiger partial charge in [-0.05, 0) is 31.0 Å². The number of fused-ring (bicyclic) bond motifs is 1. The second-order valence-electron chi connectivity index (χ2n) is 8.34. The normalized spacial score (nSPS) is 14.0. The van der Waals surface area contributed by atoms with Gasteiger partial charge in [0.1, 0.15) is 6.54 Å². The van der Waals surface area contributed by atoms with E-state index < -0.39 is 0 Å². The van der Waals surface area contributed by atoms with E-state index in [0.717, 1.165) is 41.7 Å². The van der Waals surface area contributed by atoms with E-state index in [1.54, 1.807) is 32.4 Å². The summed E-state index contributed by atoms with van der Waals surface area (Å²) in [5, 5.41) is 3.96. The molecule has 0 atom stereocenters. The minimum absolute atomic E-state index is 0.116. The molecule has 1 saturated heterocycles. The first kappa shape index (κ1) is 24.0. The number of ether oxygens (including phenoxy) is 2. The number of carbonyl (C=O) groups is 2. The fraction of sp³-hybridized carbons (Fsp3) is 0.385. The first-order chi connectivity index (χ1) is 16.6. The van der Waals surface area contributed by atoms with E-state index in [1.165, 1.54) is 24.6 Å². The van der Waals surface area contributed by atoms with Gasteiger partial charge >= 0.3 is 0 Å². The van der Waals surface area contributed by atoms with Crippen LogP contribution in [0.2, 0.25) is 0 Å². The second kappa shape index (κ2) is 11.3. The van der Waals surface area contributed by atoms with Crippen LogP contribution in [0.5, 0.6) is 11.5 Å². The molecule has 1 aliphatic rings. The lowest BCUT2D eigenvalue weighted by Gasteiger charge is -2.20. The lowest BCUT2D eigenvalue weighted by molar-refractivity contribution is -0.131. The molecule has 4 rings (SSSR count). The van der Waals surface area contributed by atoms with Crippen LogP contribution < -0.4 is 14.8 Å². The van der Waals surface area contributed by atoms with Crippen LogP contribution in [0.1, 0.15) is 25.7 Å². The van der Waals surface area contributed by atoms with Crippen LogP contribution in [-0.4, -0.2) is 54.3 Å². The van der Waals surface area contributed by atoms with Gasteiger partial charge in [-0.2, -0.15) is 0 Å². The SMILES string of the molecule is COc1ccc(NC(=O)CSc2cn(CC(=O)N3CCCCCC3)c3ccccc23)cc1OC. The van der Waals surface area contributed by atoms with Gasteiger partial charge in [0.25, 0.3) is 0 Å². The summed E-state index contributed by atoms with van der Waals surface area (Å²) in [6, 6.07) is 13.3. The summed E-state index contributed by atoms with van der Waals surface area (Å²) in [7, 11) is 3.14. The molecule has 0 unspecified atom stereocenters. The van der Waals surface area contributed by atoms with Gasteiger partial charge < -0.3 is 24.3 Å². The molecular weight excluding hydrogens is 450 g/mol. The third-order valence-corrected chi connectivity index (χ3v) is 7.09. The minimum Gasteiger partial charge on any atom is -0.493 e. The summed E-state index contributed by atoms with van der Waals surface area (Å²) >= 11 is 1.47. The Labute approximate surface area is 204 Å². The fourth-order valence-electron chi connectivity index (χ4n) is 4.28. The Bertz CT molecular complexity index is 1150. The second-order valence-corrected chi connectivity index (χ2v) is 9.36. The maximum Gasteiger partial charge on any atom is 0.242 e. The highest BCUT2D eigenvalue weighted by molar-refractivity contribution is 8.00. The number of hydrogen-bond donors (Lipinski definition) is 1. The summed E-state index contributed by atoms with van der Waals surface area (Å²) in [6.45, 7) is 2.00. The average Bonchev–Trinajstić information content (AvgIpc) is 3.01. The summed E-state index contributed by atoms with van der Waals surface area (Å²) in [5.41, 5.74) is 1.65. The van der Waals surface area contributed by atoms with E-state index in [4.69, 9.17) is 9.47 Å². The van der Waals surface area contributed by atoms with Gasteiger partial charge in [0.05, 0.1) is 20.0 Å². The molecule has 34 heavy (non-hydrogen) atoms. The number of thioether (sulfide) groups is 1. The largest absolute Gasteiger partial charge is 0.493 e. The summed E-state index contributed by atoms with van der Waals surface area (Å²) in [4.78, 5) is 28.6. The molecule has 2 heterocycles. The number of para-hydroxylation sites is 1. The van der Waals surface area contributed by atoms with Crippen LogP contribution in [0.3, 0.4) is 0 Å². The summed E-state index contributed by atoms with van der Waals surface area (Å²) in [5.74, 6) is 1.46. The van der Waals surface area contributed by atoms with Gasteiger partial charge in [0, 0.05) is 46.8 Å². The Balaban J connectivity index is 1.43. The van der Waals surface area contributed by atoms with Crippen LogP contribution >= 0.6 is 11.8 Å². The van der Waals surface area contributed by atoms with Crippen molar-refractivity contribution in [1.29, 1.82) is 0 Å². The first-order valence-electron chi connectivity index (χ1n) is 11.6. The molecule has 8 heteroatoms. The standard InChI is InChI=1S/C26H31N3O4S/c1-32-22-12-11-19(15-23(22)33-2)27-25(30)18-34-24-16-29(21-10-6-5-9-20(21)24)17-26(31)28-13-7-3-4-8-14-28/h5-6,9-12,15-16H,3-4,7-8,13-14,17-18H2,1-2H3,(H,27,30). The van der Waals surface area contributed by atoms with Gasteiger partial charge in [0.15, 0.2) is 11.5 Å². The highest BCUT2D eigenvalue weighted by Crippen LogP contribution is 2.32. The molecule has 7 nitrogen and oxygen atoms in total. The quantitative estimate of drug-likeness (QED) is 0.468. The smallest absolute Gasteiger partial charge is 0.242 e. The number of anilines is 1. The van der Waals surface area contributed by atoms with E-state index in [9.17, 15) is 9.59 Å². The van der Waals surface area contributed by atoms with Crippen molar-refractivity contribution in [3.8, 4) is 11.5 Å². The molecule has 1 N–H and O–H groups in total. The van der Waals surface area contributed by atoms with Crippen LogP contribution in [-0.2, 0) is 16.1 Å². The van der Waals surface area contributed by atoms with Gasteiger partial charge in [0.2, 0.25) is 11.8 Å². The Hall–Kier alpha value is -3.13. The summed E-state index contributed by atoms with van der Waals surface area (Å²) < 4.78 is 12.6. The number of rotatable bonds is 8. The minimum atomic E-state index is -0.116. The first-order valence-corrected chi connectivity index (χ1v) is 12.6. The predicted molar refractivity (Wildman–Crippen MR) is 136 cm³/mol. The Kier molecular flexibility index (Phi) is 8.00. The third-order valence-electron chi connectivity index (χ3n) is 6.04. The molecule has 2 aromatic carbocycles. The highest BCUT2D eigenvalue weighted by atomic mass is 32.2. The Morgan fingerprint density at radius 3 is 2.44 bits per heavy atom. The van der Waals surface area contributed by atoms with Gasteiger partial charge in [-0.25, -0.2) is 0 Å². The molecule has 1 aromatic heterocycles. The molecular formula is C26H31N3O4S. The predicted octanol–water partition coefficient (Wildman–Crippen LogP) is 4.79. The van der Waals surface area contributed by atoms with E-state index in [1.807, 2.05) is 39.9 Å². The molecule has 0 saturated carbocycles. The molecule has 3 aromatic rings. The Morgan fingerprint density at radius 1 is 0.971 bits per heavy atom. The summed E-state index contributed by atoms with van der Waals surface area (Å²) in [6.07, 6.45) is 6.54. The van der Waals surface area contributed by atoms with E-state index >= 15 is 0 Å². The van der Waals surface area contributed by atoms with E-state index in [-0.39, 0.29) is 17.6 Å².